The van der Waals surface area contributed by atoms with Gasteiger partial charge in [-0.05, 0) is 24.8 Å². The predicted octanol–water partition coefficient (Wildman–Crippen LogP) is 2.52. The van der Waals surface area contributed by atoms with E-state index in [1.807, 2.05) is 30.3 Å². The number of benzene rings is 1. The molecule has 1 aliphatic heterocycles. The molecule has 122 valence electrons. The number of carboxylic acid groups (broad SMARTS) is 1. The van der Waals surface area contributed by atoms with Gasteiger partial charge in [-0.25, -0.2) is 4.79 Å². The first-order valence-corrected chi connectivity index (χ1v) is 7.27. The van der Waals surface area contributed by atoms with Crippen molar-refractivity contribution in [1.82, 2.24) is 4.90 Å². The van der Waals surface area contributed by atoms with Crippen LogP contribution >= 0.6 is 0 Å². The molecule has 2 rings (SSSR count). The Hall–Kier alpha value is -2.08. The molecular formula is C16H23NO5. The number of likely N-dealkylation sites (tertiary alicyclic amines) is 1. The Balaban J connectivity index is 0.000000745. The molecule has 1 aromatic carbocycles. The minimum absolute atomic E-state index is 0.155. The monoisotopic (exact) mass is 309 g/mol. The van der Waals surface area contributed by atoms with E-state index >= 15 is 0 Å². The number of rotatable bonds is 4. The maximum atomic E-state index is 12.1. The van der Waals surface area contributed by atoms with Gasteiger partial charge >= 0.3 is 6.09 Å². The third kappa shape index (κ3) is 6.13. The first-order valence-electron chi connectivity index (χ1n) is 7.27. The number of carbonyl (C=O) groups excluding carboxylic acids is 1. The summed E-state index contributed by atoms with van der Waals surface area (Å²) in [5, 5.41) is 6.89. The van der Waals surface area contributed by atoms with Crippen LogP contribution in [-0.4, -0.2) is 48.9 Å². The fourth-order valence-electron chi connectivity index (χ4n) is 2.41. The zero-order valence-corrected chi connectivity index (χ0v) is 12.8. The molecule has 0 aliphatic carbocycles. The molecule has 22 heavy (non-hydrogen) atoms. The zero-order chi connectivity index (χ0) is 16.2. The number of amides is 1. The summed E-state index contributed by atoms with van der Waals surface area (Å²) in [6.07, 6.45) is 2.96. The first kappa shape index (κ1) is 18.0. The van der Waals surface area contributed by atoms with Gasteiger partial charge in [0.1, 0.15) is 6.61 Å². The van der Waals surface area contributed by atoms with E-state index in [1.165, 1.54) is 0 Å². The van der Waals surface area contributed by atoms with Gasteiger partial charge in [-0.1, -0.05) is 30.3 Å². The van der Waals surface area contributed by atoms with E-state index in [4.69, 9.17) is 19.4 Å². The Bertz CT molecular complexity index is 435. The summed E-state index contributed by atoms with van der Waals surface area (Å²) in [5.41, 5.74) is 1.01. The Morgan fingerprint density at radius 2 is 2.05 bits per heavy atom. The van der Waals surface area contributed by atoms with Crippen molar-refractivity contribution in [2.45, 2.75) is 31.9 Å². The van der Waals surface area contributed by atoms with Crippen LogP contribution in [0, 0.1) is 0 Å². The van der Waals surface area contributed by atoms with Gasteiger partial charge in [0.15, 0.2) is 0 Å². The van der Waals surface area contributed by atoms with Crippen LogP contribution in [0.2, 0.25) is 0 Å². The summed E-state index contributed by atoms with van der Waals surface area (Å²) >= 11 is 0. The van der Waals surface area contributed by atoms with Crippen molar-refractivity contribution in [1.29, 1.82) is 0 Å². The van der Waals surface area contributed by atoms with E-state index < -0.39 is 0 Å². The van der Waals surface area contributed by atoms with Crippen LogP contribution in [0.1, 0.15) is 24.8 Å². The standard InChI is InChI=1S/C15H21NO3.CH2O2/c1-18-12-14-9-5-6-10-16(14)15(17)19-11-13-7-3-2-4-8-13;2-1-3/h2-4,7-8,14H,5-6,9-12H2,1H3;1H,(H,2,3)/t14-;/m0./s1. The lowest BCUT2D eigenvalue weighted by Gasteiger charge is -2.34. The molecule has 1 aliphatic rings. The highest BCUT2D eigenvalue weighted by molar-refractivity contribution is 5.68. The van der Waals surface area contributed by atoms with Crippen LogP contribution in [0.4, 0.5) is 4.79 Å². The molecule has 0 bridgehead atoms. The summed E-state index contributed by atoms with van der Waals surface area (Å²) in [6.45, 7) is 1.43. The molecule has 1 aromatic rings. The van der Waals surface area contributed by atoms with Crippen LogP contribution in [-0.2, 0) is 20.9 Å². The molecule has 1 N–H and O–H groups in total. The van der Waals surface area contributed by atoms with Gasteiger partial charge in [-0.3, -0.25) is 4.79 Å². The molecule has 1 amide bonds. The van der Waals surface area contributed by atoms with E-state index in [0.29, 0.717) is 13.2 Å². The third-order valence-electron chi connectivity index (χ3n) is 3.43. The number of ether oxygens (including phenoxy) is 2. The fourth-order valence-corrected chi connectivity index (χ4v) is 2.41. The Kier molecular flexibility index (Phi) is 8.67. The average Bonchev–Trinajstić information content (AvgIpc) is 2.55. The molecule has 6 heteroatoms. The van der Waals surface area contributed by atoms with Gasteiger partial charge in [-0.15, -0.1) is 0 Å². The maximum Gasteiger partial charge on any atom is 0.410 e. The van der Waals surface area contributed by atoms with Crippen molar-refractivity contribution >= 4 is 12.6 Å². The molecule has 1 atom stereocenters. The number of nitrogens with zero attached hydrogens (tertiary/aromatic N) is 1. The van der Waals surface area contributed by atoms with Gasteiger partial charge in [0.2, 0.25) is 0 Å². The molecule has 6 nitrogen and oxygen atoms in total. The van der Waals surface area contributed by atoms with E-state index in [-0.39, 0.29) is 18.6 Å². The largest absolute Gasteiger partial charge is 0.483 e. The smallest absolute Gasteiger partial charge is 0.410 e. The molecular weight excluding hydrogens is 286 g/mol. The van der Waals surface area contributed by atoms with Crippen LogP contribution in [0.3, 0.4) is 0 Å². The first-order chi connectivity index (χ1) is 10.7. The van der Waals surface area contributed by atoms with Crippen LogP contribution in [0.25, 0.3) is 0 Å². The zero-order valence-electron chi connectivity index (χ0n) is 12.8. The lowest BCUT2D eigenvalue weighted by atomic mass is 10.0. The van der Waals surface area contributed by atoms with Gasteiger partial charge in [0.05, 0.1) is 12.6 Å². The number of hydrogen-bond donors (Lipinski definition) is 1. The molecule has 0 aromatic heterocycles. The number of methoxy groups -OCH3 is 1. The minimum atomic E-state index is -0.250. The second-order valence-corrected chi connectivity index (χ2v) is 4.94. The van der Waals surface area contributed by atoms with Crippen LogP contribution < -0.4 is 0 Å². The van der Waals surface area contributed by atoms with Crippen LogP contribution in [0.5, 0.6) is 0 Å². The van der Waals surface area contributed by atoms with E-state index in [9.17, 15) is 4.79 Å². The molecule has 0 radical (unpaired) electrons. The summed E-state index contributed by atoms with van der Waals surface area (Å²) in [6, 6.07) is 9.90. The second-order valence-electron chi connectivity index (χ2n) is 4.94. The molecule has 1 saturated heterocycles. The summed E-state index contributed by atoms with van der Waals surface area (Å²) < 4.78 is 10.6. The average molecular weight is 309 g/mol. The lowest BCUT2D eigenvalue weighted by Crippen LogP contribution is -2.46. The number of piperidine rings is 1. The molecule has 0 spiro atoms. The topological polar surface area (TPSA) is 76.1 Å². The van der Waals surface area contributed by atoms with Crippen molar-refractivity contribution in [2.24, 2.45) is 0 Å². The quantitative estimate of drug-likeness (QED) is 0.865. The van der Waals surface area contributed by atoms with Gasteiger partial charge in [0.25, 0.3) is 6.47 Å². The molecule has 1 heterocycles. The van der Waals surface area contributed by atoms with Gasteiger partial charge in [-0.2, -0.15) is 0 Å². The van der Waals surface area contributed by atoms with Gasteiger partial charge < -0.3 is 19.5 Å². The van der Waals surface area contributed by atoms with Crippen molar-refractivity contribution in [2.75, 3.05) is 20.3 Å². The molecule has 0 saturated carbocycles. The van der Waals surface area contributed by atoms with Crippen molar-refractivity contribution in [3.05, 3.63) is 35.9 Å². The normalized spacial score (nSPS) is 17.1. The minimum Gasteiger partial charge on any atom is -0.483 e. The maximum absolute atomic E-state index is 12.1. The summed E-state index contributed by atoms with van der Waals surface area (Å²) in [5.74, 6) is 0. The highest BCUT2D eigenvalue weighted by Crippen LogP contribution is 2.18. The Labute approximate surface area is 130 Å². The summed E-state index contributed by atoms with van der Waals surface area (Å²) in [7, 11) is 1.67. The fraction of sp³-hybridized carbons (Fsp3) is 0.500. The highest BCUT2D eigenvalue weighted by Gasteiger charge is 2.27. The predicted molar refractivity (Wildman–Crippen MR) is 81.5 cm³/mol. The van der Waals surface area contributed by atoms with Crippen molar-refractivity contribution in [3.63, 3.8) is 0 Å². The highest BCUT2D eigenvalue weighted by atomic mass is 16.6. The molecule has 1 fully saturated rings. The lowest BCUT2D eigenvalue weighted by molar-refractivity contribution is -0.122. The Morgan fingerprint density at radius 1 is 1.36 bits per heavy atom. The van der Waals surface area contributed by atoms with E-state index in [1.54, 1.807) is 12.0 Å². The number of hydrogen-bond acceptors (Lipinski definition) is 4. The van der Waals surface area contributed by atoms with E-state index in [2.05, 4.69) is 0 Å². The van der Waals surface area contributed by atoms with Crippen molar-refractivity contribution in [3.8, 4) is 0 Å². The number of carbonyl (C=O) groups is 2. The van der Waals surface area contributed by atoms with Gasteiger partial charge in [0, 0.05) is 13.7 Å². The second kappa shape index (κ2) is 10.6. The SMILES string of the molecule is COC[C@@H]1CCCCN1C(=O)OCc1ccccc1.O=CO. The molecule has 0 unspecified atom stereocenters. The van der Waals surface area contributed by atoms with Crippen LogP contribution in [0.15, 0.2) is 30.3 Å². The van der Waals surface area contributed by atoms with E-state index in [0.717, 1.165) is 31.4 Å². The summed E-state index contributed by atoms with van der Waals surface area (Å²) in [4.78, 5) is 22.3. The van der Waals surface area contributed by atoms with Crippen molar-refractivity contribution < 1.29 is 24.2 Å². The third-order valence-corrected chi connectivity index (χ3v) is 3.43. The Morgan fingerprint density at radius 3 is 2.68 bits per heavy atom.